The minimum absolute atomic E-state index is 0.151. The van der Waals surface area contributed by atoms with Gasteiger partial charge < -0.3 is 10.1 Å². The highest BCUT2D eigenvalue weighted by molar-refractivity contribution is 5.54. The monoisotopic (exact) mass is 210 g/mol. The van der Waals surface area contributed by atoms with Crippen LogP contribution < -0.4 is 10.4 Å². The zero-order valence-corrected chi connectivity index (χ0v) is 8.54. The molecule has 0 radical (unpaired) electrons. The molecule has 1 heterocycles. The van der Waals surface area contributed by atoms with Crippen LogP contribution in [0, 0.1) is 5.82 Å². The smallest absolute Gasteiger partial charge is 0.129 e. The molecular weight excluding hydrogens is 195 g/mol. The Bertz CT molecular complexity index is 337. The number of halogens is 1. The largest absolute Gasteiger partial charge is 0.371 e. The van der Waals surface area contributed by atoms with Crippen molar-refractivity contribution >= 4 is 5.69 Å². The highest BCUT2D eigenvalue weighted by atomic mass is 19.1. The van der Waals surface area contributed by atoms with Gasteiger partial charge in [0.1, 0.15) is 5.82 Å². The third-order valence-corrected chi connectivity index (χ3v) is 2.80. The Kier molecular flexibility index (Phi) is 3.18. The summed E-state index contributed by atoms with van der Waals surface area (Å²) in [6.45, 7) is 2.10. The lowest BCUT2D eigenvalue weighted by atomic mass is 10.1. The molecule has 1 aliphatic heterocycles. The van der Waals surface area contributed by atoms with E-state index in [1.165, 1.54) is 6.07 Å². The highest BCUT2D eigenvalue weighted by Crippen LogP contribution is 2.26. The number of hydrogen-bond donors (Lipinski definition) is 2. The molecule has 82 valence electrons. The fourth-order valence-corrected chi connectivity index (χ4v) is 2.06. The summed E-state index contributed by atoms with van der Waals surface area (Å²) in [7, 11) is 0. The molecule has 0 aliphatic carbocycles. The van der Waals surface area contributed by atoms with Gasteiger partial charge in [-0.2, -0.15) is 0 Å². The maximum atomic E-state index is 13.5. The summed E-state index contributed by atoms with van der Waals surface area (Å²) in [5.74, 6) is -0.263. The van der Waals surface area contributed by atoms with E-state index in [4.69, 9.17) is 5.21 Å². The van der Waals surface area contributed by atoms with Crippen molar-refractivity contribution in [2.45, 2.75) is 19.4 Å². The third kappa shape index (κ3) is 2.11. The summed E-state index contributed by atoms with van der Waals surface area (Å²) in [5.41, 5.74) is 3.46. The molecule has 1 fully saturated rings. The summed E-state index contributed by atoms with van der Waals surface area (Å²) in [5, 5.41) is 8.68. The minimum Gasteiger partial charge on any atom is -0.371 e. The van der Waals surface area contributed by atoms with E-state index in [0.29, 0.717) is 5.56 Å². The van der Waals surface area contributed by atoms with Crippen LogP contribution in [0.3, 0.4) is 0 Å². The molecule has 15 heavy (non-hydrogen) atoms. The van der Waals surface area contributed by atoms with Gasteiger partial charge in [-0.1, -0.05) is 6.07 Å². The lowest BCUT2D eigenvalue weighted by molar-refractivity contribution is 0.160. The number of anilines is 1. The van der Waals surface area contributed by atoms with Crippen LogP contribution in [0.1, 0.15) is 18.4 Å². The molecule has 0 bridgehead atoms. The molecule has 0 atom stereocenters. The van der Waals surface area contributed by atoms with E-state index in [1.807, 2.05) is 11.5 Å². The predicted molar refractivity (Wildman–Crippen MR) is 56.5 cm³/mol. The summed E-state index contributed by atoms with van der Waals surface area (Å²) in [4.78, 5) is 2.16. The van der Waals surface area contributed by atoms with Crippen LogP contribution in [0.4, 0.5) is 10.1 Å². The molecule has 1 aromatic rings. The Balaban J connectivity index is 2.31. The SMILES string of the molecule is ONCc1c(F)cccc1N1CCCC1. The van der Waals surface area contributed by atoms with Crippen molar-refractivity contribution in [3.8, 4) is 0 Å². The van der Waals surface area contributed by atoms with Gasteiger partial charge in [0.25, 0.3) is 0 Å². The first-order valence-electron chi connectivity index (χ1n) is 5.22. The van der Waals surface area contributed by atoms with E-state index in [0.717, 1.165) is 31.6 Å². The maximum absolute atomic E-state index is 13.5. The summed E-state index contributed by atoms with van der Waals surface area (Å²) < 4.78 is 13.5. The van der Waals surface area contributed by atoms with E-state index in [1.54, 1.807) is 6.07 Å². The van der Waals surface area contributed by atoms with E-state index in [-0.39, 0.29) is 12.4 Å². The van der Waals surface area contributed by atoms with Gasteiger partial charge in [0.05, 0.1) is 6.54 Å². The number of nitrogens with zero attached hydrogens (tertiary/aromatic N) is 1. The van der Waals surface area contributed by atoms with Crippen molar-refractivity contribution in [1.29, 1.82) is 0 Å². The van der Waals surface area contributed by atoms with Gasteiger partial charge in [-0.05, 0) is 25.0 Å². The van der Waals surface area contributed by atoms with E-state index >= 15 is 0 Å². The Morgan fingerprint density at radius 2 is 2.07 bits per heavy atom. The Labute approximate surface area is 88.5 Å². The first kappa shape index (κ1) is 10.4. The molecule has 3 nitrogen and oxygen atoms in total. The molecule has 0 saturated carbocycles. The van der Waals surface area contributed by atoms with Crippen molar-refractivity contribution in [1.82, 2.24) is 5.48 Å². The molecule has 1 aliphatic rings. The van der Waals surface area contributed by atoms with E-state index in [9.17, 15) is 4.39 Å². The Morgan fingerprint density at radius 3 is 2.73 bits per heavy atom. The molecular formula is C11H15FN2O. The van der Waals surface area contributed by atoms with Gasteiger partial charge in [-0.15, -0.1) is 0 Å². The lowest BCUT2D eigenvalue weighted by Crippen LogP contribution is -2.21. The van der Waals surface area contributed by atoms with Gasteiger partial charge in [-0.25, -0.2) is 9.87 Å². The standard InChI is InChI=1S/C11H15FN2O/c12-10-4-3-5-11(9(10)8-13-15)14-6-1-2-7-14/h3-5,13,15H,1-2,6-8H2. The second-order valence-corrected chi connectivity index (χ2v) is 3.77. The van der Waals surface area contributed by atoms with Crippen molar-refractivity contribution in [3.63, 3.8) is 0 Å². The van der Waals surface area contributed by atoms with Crippen molar-refractivity contribution < 1.29 is 9.60 Å². The van der Waals surface area contributed by atoms with Gasteiger partial charge in [0.2, 0.25) is 0 Å². The molecule has 2 rings (SSSR count). The van der Waals surface area contributed by atoms with Gasteiger partial charge in [-0.3, -0.25) is 0 Å². The average molecular weight is 210 g/mol. The third-order valence-electron chi connectivity index (χ3n) is 2.80. The second kappa shape index (κ2) is 4.59. The first-order valence-corrected chi connectivity index (χ1v) is 5.22. The molecule has 4 heteroatoms. The molecule has 1 saturated heterocycles. The predicted octanol–water partition coefficient (Wildman–Crippen LogP) is 1.90. The molecule has 0 amide bonds. The van der Waals surface area contributed by atoms with Crippen LogP contribution in [0.5, 0.6) is 0 Å². The van der Waals surface area contributed by atoms with Crippen LogP contribution >= 0.6 is 0 Å². The maximum Gasteiger partial charge on any atom is 0.129 e. The van der Waals surface area contributed by atoms with Crippen LogP contribution in [0.15, 0.2) is 18.2 Å². The summed E-state index contributed by atoms with van der Waals surface area (Å²) in [6.07, 6.45) is 2.31. The zero-order valence-electron chi connectivity index (χ0n) is 8.54. The van der Waals surface area contributed by atoms with Crippen molar-refractivity contribution in [2.75, 3.05) is 18.0 Å². The fraction of sp³-hybridized carbons (Fsp3) is 0.455. The summed E-state index contributed by atoms with van der Waals surface area (Å²) in [6, 6.07) is 5.04. The average Bonchev–Trinajstić information content (AvgIpc) is 2.74. The molecule has 2 N–H and O–H groups in total. The second-order valence-electron chi connectivity index (χ2n) is 3.77. The Morgan fingerprint density at radius 1 is 1.33 bits per heavy atom. The van der Waals surface area contributed by atoms with Gasteiger partial charge in [0.15, 0.2) is 0 Å². The van der Waals surface area contributed by atoms with E-state index < -0.39 is 0 Å². The van der Waals surface area contributed by atoms with Crippen LogP contribution in [0.2, 0.25) is 0 Å². The topological polar surface area (TPSA) is 35.5 Å². The van der Waals surface area contributed by atoms with Crippen LogP contribution in [-0.4, -0.2) is 18.3 Å². The quantitative estimate of drug-likeness (QED) is 0.748. The van der Waals surface area contributed by atoms with Crippen molar-refractivity contribution in [2.24, 2.45) is 0 Å². The first-order chi connectivity index (χ1) is 7.33. The van der Waals surface area contributed by atoms with Gasteiger partial charge in [0, 0.05) is 24.3 Å². The lowest BCUT2D eigenvalue weighted by Gasteiger charge is -2.21. The minimum atomic E-state index is -0.263. The van der Waals surface area contributed by atoms with Crippen LogP contribution in [0.25, 0.3) is 0 Å². The normalized spacial score (nSPS) is 16.0. The highest BCUT2D eigenvalue weighted by Gasteiger charge is 2.17. The number of hydrogen-bond acceptors (Lipinski definition) is 3. The Hall–Kier alpha value is -1.13. The number of benzene rings is 1. The van der Waals surface area contributed by atoms with Crippen molar-refractivity contribution in [3.05, 3.63) is 29.6 Å². The summed E-state index contributed by atoms with van der Waals surface area (Å²) >= 11 is 0. The zero-order chi connectivity index (χ0) is 10.7. The number of nitrogens with one attached hydrogen (secondary N) is 1. The molecule has 0 aromatic heterocycles. The number of rotatable bonds is 3. The molecule has 0 spiro atoms. The fourth-order valence-electron chi connectivity index (χ4n) is 2.06. The van der Waals surface area contributed by atoms with E-state index in [2.05, 4.69) is 4.90 Å². The number of hydroxylamine groups is 1. The van der Waals surface area contributed by atoms with Gasteiger partial charge >= 0.3 is 0 Å². The molecule has 0 unspecified atom stereocenters. The van der Waals surface area contributed by atoms with Crippen LogP contribution in [-0.2, 0) is 6.54 Å². The molecule has 1 aromatic carbocycles.